The van der Waals surface area contributed by atoms with E-state index in [0.29, 0.717) is 6.61 Å². The van der Waals surface area contributed by atoms with Gasteiger partial charge in [-0.05, 0) is 52.0 Å². The molecule has 3 aromatic rings. The van der Waals surface area contributed by atoms with Crippen molar-refractivity contribution in [3.63, 3.8) is 0 Å². The minimum absolute atomic E-state index is 0.674. The van der Waals surface area contributed by atoms with Crippen LogP contribution in [0, 0.1) is 20.8 Å². The Hall–Kier alpha value is -2.56. The van der Waals surface area contributed by atoms with E-state index in [1.54, 1.807) is 0 Å². The number of aryl methyl sites for hydroxylation is 3. The number of hydrogen-bond donors (Lipinski definition) is 0. The zero-order valence-corrected chi connectivity index (χ0v) is 15.2. The van der Waals surface area contributed by atoms with Crippen molar-refractivity contribution in [1.29, 1.82) is 0 Å². The lowest BCUT2D eigenvalue weighted by Crippen LogP contribution is -2.12. The molecule has 0 atom stereocenters. The molecule has 0 radical (unpaired) electrons. The molecule has 0 aliphatic rings. The Balaban J connectivity index is 2.25. The first kappa shape index (κ1) is 16.3. The molecule has 24 heavy (non-hydrogen) atoms. The van der Waals surface area contributed by atoms with Gasteiger partial charge in [0, 0.05) is 41.9 Å². The predicted octanol–water partition coefficient (Wildman–Crippen LogP) is 3.81. The molecule has 0 saturated heterocycles. The van der Waals surface area contributed by atoms with Gasteiger partial charge in [0.2, 0.25) is 0 Å². The maximum absolute atomic E-state index is 5.55. The molecule has 0 aliphatic carbocycles. The third-order valence-electron chi connectivity index (χ3n) is 4.35. The number of hydrogen-bond acceptors (Lipinski definition) is 4. The smallest absolute Gasteiger partial charge is 0.160 e. The predicted molar refractivity (Wildman–Crippen MR) is 98.6 cm³/mol. The monoisotopic (exact) mass is 324 g/mol. The summed E-state index contributed by atoms with van der Waals surface area (Å²) in [5.41, 5.74) is 4.44. The number of aromatic nitrogens is 3. The van der Waals surface area contributed by atoms with E-state index < -0.39 is 0 Å². The van der Waals surface area contributed by atoms with Crippen molar-refractivity contribution < 1.29 is 4.74 Å². The van der Waals surface area contributed by atoms with Crippen LogP contribution >= 0.6 is 0 Å². The maximum atomic E-state index is 5.55. The summed E-state index contributed by atoms with van der Waals surface area (Å²) in [6.07, 6.45) is 0. The average molecular weight is 324 g/mol. The number of benzene rings is 1. The fraction of sp³-hybridized carbons (Fsp3) is 0.368. The second-order valence-corrected chi connectivity index (χ2v) is 6.19. The van der Waals surface area contributed by atoms with Crippen LogP contribution in [-0.4, -0.2) is 35.5 Å². The summed E-state index contributed by atoms with van der Waals surface area (Å²) in [6, 6.07) is 8.21. The molecule has 0 amide bonds. The van der Waals surface area contributed by atoms with E-state index >= 15 is 0 Å². The van der Waals surface area contributed by atoms with E-state index in [9.17, 15) is 0 Å². The van der Waals surface area contributed by atoms with Crippen LogP contribution in [0.5, 0.6) is 5.75 Å². The van der Waals surface area contributed by atoms with Crippen LogP contribution in [-0.2, 0) is 0 Å². The molecule has 0 spiro atoms. The summed E-state index contributed by atoms with van der Waals surface area (Å²) in [7, 11) is 4.00. The first-order valence-electron chi connectivity index (χ1n) is 8.21. The first-order valence-corrected chi connectivity index (χ1v) is 8.21. The van der Waals surface area contributed by atoms with Crippen LogP contribution in [0.25, 0.3) is 16.5 Å². The second kappa shape index (κ2) is 6.15. The van der Waals surface area contributed by atoms with E-state index in [4.69, 9.17) is 4.74 Å². The van der Waals surface area contributed by atoms with Gasteiger partial charge >= 0.3 is 0 Å². The van der Waals surface area contributed by atoms with E-state index in [1.165, 1.54) is 22.2 Å². The van der Waals surface area contributed by atoms with E-state index in [-0.39, 0.29) is 0 Å². The highest BCUT2D eigenvalue weighted by molar-refractivity contribution is 5.98. The Kier molecular flexibility index (Phi) is 4.18. The van der Waals surface area contributed by atoms with Crippen LogP contribution in [0.3, 0.4) is 0 Å². The lowest BCUT2D eigenvalue weighted by molar-refractivity contribution is 0.340. The molecule has 5 heteroatoms. The van der Waals surface area contributed by atoms with E-state index in [1.807, 2.05) is 45.0 Å². The van der Waals surface area contributed by atoms with E-state index in [2.05, 4.69) is 40.7 Å². The van der Waals surface area contributed by atoms with Gasteiger partial charge in [-0.15, -0.1) is 5.10 Å². The van der Waals surface area contributed by atoms with Gasteiger partial charge < -0.3 is 14.2 Å². The molecule has 0 bridgehead atoms. The fourth-order valence-electron chi connectivity index (χ4n) is 3.33. The Bertz CT molecular complexity index is 879. The Morgan fingerprint density at radius 1 is 0.958 bits per heavy atom. The molecule has 2 heterocycles. The lowest BCUT2D eigenvalue weighted by Gasteiger charge is -2.13. The van der Waals surface area contributed by atoms with Gasteiger partial charge in [-0.3, -0.25) is 0 Å². The third-order valence-corrected chi connectivity index (χ3v) is 4.35. The molecular formula is C19H24N4O. The SMILES string of the molecule is CCOc1ccc(-n2c(C)c3c(C)nnc(N(C)C)c3c2C)cc1. The number of anilines is 1. The Morgan fingerprint density at radius 2 is 1.58 bits per heavy atom. The van der Waals surface area contributed by atoms with Crippen LogP contribution < -0.4 is 9.64 Å². The maximum Gasteiger partial charge on any atom is 0.160 e. The molecule has 0 saturated carbocycles. The minimum Gasteiger partial charge on any atom is -0.494 e. The van der Waals surface area contributed by atoms with Crippen LogP contribution in [0.2, 0.25) is 0 Å². The molecule has 126 valence electrons. The summed E-state index contributed by atoms with van der Waals surface area (Å²) < 4.78 is 7.82. The summed E-state index contributed by atoms with van der Waals surface area (Å²) in [5, 5.41) is 11.1. The van der Waals surface area contributed by atoms with Gasteiger partial charge in [-0.1, -0.05) is 0 Å². The highest BCUT2D eigenvalue weighted by atomic mass is 16.5. The highest BCUT2D eigenvalue weighted by Gasteiger charge is 2.20. The topological polar surface area (TPSA) is 43.2 Å². The van der Waals surface area contributed by atoms with Crippen LogP contribution in [0.15, 0.2) is 24.3 Å². The second-order valence-electron chi connectivity index (χ2n) is 6.19. The van der Waals surface area contributed by atoms with Gasteiger partial charge in [0.1, 0.15) is 5.75 Å². The first-order chi connectivity index (χ1) is 11.5. The van der Waals surface area contributed by atoms with Gasteiger partial charge in [0.05, 0.1) is 12.3 Å². The normalized spacial score (nSPS) is 11.1. The van der Waals surface area contributed by atoms with Crippen molar-refractivity contribution in [1.82, 2.24) is 14.8 Å². The van der Waals surface area contributed by atoms with Gasteiger partial charge in [0.25, 0.3) is 0 Å². The largest absolute Gasteiger partial charge is 0.494 e. The molecule has 1 aromatic carbocycles. The minimum atomic E-state index is 0.674. The quantitative estimate of drug-likeness (QED) is 0.732. The summed E-state index contributed by atoms with van der Waals surface area (Å²) in [4.78, 5) is 2.02. The summed E-state index contributed by atoms with van der Waals surface area (Å²) in [5.74, 6) is 1.79. The summed E-state index contributed by atoms with van der Waals surface area (Å²) >= 11 is 0. The Morgan fingerprint density at radius 3 is 2.17 bits per heavy atom. The number of rotatable bonds is 4. The molecular weight excluding hydrogens is 300 g/mol. The number of fused-ring (bicyclic) bond motifs is 1. The van der Waals surface area contributed by atoms with Crippen LogP contribution in [0.4, 0.5) is 5.82 Å². The molecule has 2 aromatic heterocycles. The Labute approximate surface area is 142 Å². The van der Waals surface area contributed by atoms with Crippen LogP contribution in [0.1, 0.15) is 24.0 Å². The van der Waals surface area contributed by atoms with Crippen molar-refractivity contribution >= 4 is 16.6 Å². The number of ether oxygens (including phenoxy) is 1. The highest BCUT2D eigenvalue weighted by Crippen LogP contribution is 2.35. The number of nitrogens with zero attached hydrogens (tertiary/aromatic N) is 4. The molecule has 5 nitrogen and oxygen atoms in total. The van der Waals surface area contributed by atoms with Crippen molar-refractivity contribution in [3.8, 4) is 11.4 Å². The van der Waals surface area contributed by atoms with Gasteiger partial charge in [0.15, 0.2) is 5.82 Å². The zero-order chi connectivity index (χ0) is 17.4. The average Bonchev–Trinajstić information content (AvgIpc) is 2.81. The van der Waals surface area contributed by atoms with Gasteiger partial charge in [-0.2, -0.15) is 5.10 Å². The molecule has 3 rings (SSSR count). The summed E-state index contributed by atoms with van der Waals surface area (Å²) in [6.45, 7) is 8.96. The molecule has 0 N–H and O–H groups in total. The van der Waals surface area contributed by atoms with Gasteiger partial charge in [-0.25, -0.2) is 0 Å². The van der Waals surface area contributed by atoms with E-state index in [0.717, 1.165) is 22.9 Å². The van der Waals surface area contributed by atoms with Crippen molar-refractivity contribution in [2.75, 3.05) is 25.6 Å². The third kappa shape index (κ3) is 2.50. The van der Waals surface area contributed by atoms with Crippen molar-refractivity contribution in [2.45, 2.75) is 27.7 Å². The van der Waals surface area contributed by atoms with Crippen molar-refractivity contribution in [2.24, 2.45) is 0 Å². The fourth-order valence-corrected chi connectivity index (χ4v) is 3.33. The van der Waals surface area contributed by atoms with Crippen molar-refractivity contribution in [3.05, 3.63) is 41.3 Å². The molecule has 0 fully saturated rings. The molecule has 0 unspecified atom stereocenters. The lowest BCUT2D eigenvalue weighted by atomic mass is 10.1. The zero-order valence-electron chi connectivity index (χ0n) is 15.2. The standard InChI is InChI=1S/C19H24N4O/c1-7-24-16-10-8-15(9-11-16)23-13(3)17-12(2)20-21-19(22(5)6)18(17)14(23)4/h8-11H,7H2,1-6H3. The molecule has 0 aliphatic heterocycles.